The summed E-state index contributed by atoms with van der Waals surface area (Å²) in [6.07, 6.45) is 23.0. The third-order valence-electron chi connectivity index (χ3n) is 16.3. The van der Waals surface area contributed by atoms with Gasteiger partial charge < -0.3 is 20.6 Å². The van der Waals surface area contributed by atoms with Crippen LogP contribution in [0.2, 0.25) is 0 Å². The largest absolute Gasteiger partial charge is 0.335 e. The smallest absolute Gasteiger partial charge is 0.227 e. The van der Waals surface area contributed by atoms with Gasteiger partial charge in [0.1, 0.15) is 42.7 Å². The summed E-state index contributed by atoms with van der Waals surface area (Å²) >= 11 is 0. The van der Waals surface area contributed by atoms with Crippen LogP contribution in [0.1, 0.15) is 56.1 Å². The molecule has 0 unspecified atom stereocenters. The molecule has 0 saturated heterocycles. The minimum absolute atomic E-state index is 0.0323. The molecule has 89 heavy (non-hydrogen) atoms. The molecule has 14 rings (SSSR count). The number of halogens is 2. The molecule has 450 valence electrons. The molecule has 0 atom stereocenters. The topological polar surface area (TPSA) is 293 Å². The third-order valence-corrected chi connectivity index (χ3v) is 18.2. The predicted molar refractivity (Wildman–Crippen MR) is 339 cm³/mol. The van der Waals surface area contributed by atoms with E-state index in [1.165, 1.54) is 24.3 Å². The number of imidazole rings is 2. The van der Waals surface area contributed by atoms with Gasteiger partial charge in [0.2, 0.25) is 11.8 Å². The number of anilines is 2. The quantitative estimate of drug-likeness (QED) is 0.0524. The van der Waals surface area contributed by atoms with Crippen molar-refractivity contribution >= 4 is 86.7 Å². The zero-order valence-electron chi connectivity index (χ0n) is 48.2. The van der Waals surface area contributed by atoms with Gasteiger partial charge in [-0.05, 0) is 133 Å². The van der Waals surface area contributed by atoms with Crippen LogP contribution in [0.25, 0.3) is 111 Å². The summed E-state index contributed by atoms with van der Waals surface area (Å²) in [5.74, 6) is 0.135. The number of carbonyl (C=O) groups is 2. The lowest BCUT2D eigenvalue weighted by Crippen LogP contribution is -2.28. The van der Waals surface area contributed by atoms with Crippen LogP contribution < -0.4 is 10.6 Å². The van der Waals surface area contributed by atoms with E-state index in [0.717, 1.165) is 102 Å². The third kappa shape index (κ3) is 12.9. The van der Waals surface area contributed by atoms with Gasteiger partial charge in [0.25, 0.3) is 0 Å². The lowest BCUT2D eigenvalue weighted by Gasteiger charge is -2.24. The van der Waals surface area contributed by atoms with Gasteiger partial charge in [-0.15, -0.1) is 0 Å². The van der Waals surface area contributed by atoms with E-state index in [1.54, 1.807) is 61.7 Å². The molecule has 0 bridgehead atoms. The number of benzene rings is 4. The van der Waals surface area contributed by atoms with Gasteiger partial charge in [-0.2, -0.15) is 10.2 Å². The first-order valence-electron chi connectivity index (χ1n) is 29.0. The Hall–Kier alpha value is -9.94. The number of nitrogens with zero attached hydrogens (tertiary/aromatic N) is 8. The lowest BCUT2D eigenvalue weighted by molar-refractivity contribution is -0.122. The van der Waals surface area contributed by atoms with Crippen molar-refractivity contribution in [2.75, 3.05) is 34.7 Å². The summed E-state index contributed by atoms with van der Waals surface area (Å²) in [5, 5.41) is 22.9. The van der Waals surface area contributed by atoms with Crippen LogP contribution in [0.4, 0.5) is 20.2 Å². The summed E-state index contributed by atoms with van der Waals surface area (Å²) in [7, 11) is -6.40. The van der Waals surface area contributed by atoms with Crippen molar-refractivity contribution in [3.63, 3.8) is 0 Å². The average molecular weight is 1230 g/mol. The maximum absolute atomic E-state index is 14.6. The highest BCUT2D eigenvalue weighted by atomic mass is 32.2. The number of aryl methyl sites for hydroxylation is 2. The molecule has 0 radical (unpaired) electrons. The average Bonchev–Trinajstić information content (AvgIpc) is 2.52. The first-order chi connectivity index (χ1) is 42.9. The highest BCUT2D eigenvalue weighted by Gasteiger charge is 2.26. The second-order valence-corrected chi connectivity index (χ2v) is 27.5. The van der Waals surface area contributed by atoms with Gasteiger partial charge in [0.15, 0.2) is 11.6 Å². The Balaban J connectivity index is 0.000000164. The number of aromatic amines is 4. The Morgan fingerprint density at radius 2 is 0.910 bits per heavy atom. The van der Waals surface area contributed by atoms with Crippen LogP contribution in [0.5, 0.6) is 0 Å². The Bertz CT molecular complexity index is 4980. The number of H-pyrrole nitrogens is 4. The number of fused-ring (bicyclic) bond motifs is 4. The highest BCUT2D eigenvalue weighted by molar-refractivity contribution is 7.90. The fourth-order valence-corrected chi connectivity index (χ4v) is 12.7. The monoisotopic (exact) mass is 1230 g/mol. The first kappa shape index (κ1) is 58.1. The lowest BCUT2D eigenvalue weighted by atomic mass is 9.85. The maximum atomic E-state index is 14.6. The van der Waals surface area contributed by atoms with E-state index in [-0.39, 0.29) is 48.0 Å². The summed E-state index contributed by atoms with van der Waals surface area (Å²) < 4.78 is 76.0. The summed E-state index contributed by atoms with van der Waals surface area (Å²) in [6.45, 7) is 0. The molecule has 2 aliphatic carbocycles. The molecule has 8 heterocycles. The van der Waals surface area contributed by atoms with E-state index in [4.69, 9.17) is 9.97 Å². The molecule has 24 heteroatoms. The molecule has 0 spiro atoms. The number of hydrogen-bond acceptors (Lipinski definition) is 14. The Kier molecular flexibility index (Phi) is 15.6. The van der Waals surface area contributed by atoms with Crippen LogP contribution in [-0.4, -0.2) is 113 Å². The molecular weight excluding hydrogens is 1170 g/mol. The zero-order chi connectivity index (χ0) is 61.6. The van der Waals surface area contributed by atoms with Crippen molar-refractivity contribution in [3.8, 4) is 67.5 Å². The second-order valence-electron chi connectivity index (χ2n) is 23.0. The van der Waals surface area contributed by atoms with Gasteiger partial charge in [0.05, 0.1) is 80.8 Å². The Morgan fingerprint density at radius 3 is 1.33 bits per heavy atom. The minimum Gasteiger partial charge on any atom is -0.335 e. The van der Waals surface area contributed by atoms with E-state index in [0.29, 0.717) is 89.9 Å². The number of amides is 2. The van der Waals surface area contributed by atoms with Crippen molar-refractivity contribution in [1.82, 2.24) is 60.3 Å². The molecule has 2 aliphatic rings. The summed E-state index contributed by atoms with van der Waals surface area (Å²) in [4.78, 5) is 58.9. The van der Waals surface area contributed by atoms with Gasteiger partial charge in [0, 0.05) is 82.2 Å². The Labute approximate surface area is 508 Å². The van der Waals surface area contributed by atoms with Gasteiger partial charge in [-0.3, -0.25) is 39.7 Å². The number of sulfone groups is 2. The van der Waals surface area contributed by atoms with Crippen molar-refractivity contribution in [2.24, 2.45) is 11.8 Å². The van der Waals surface area contributed by atoms with E-state index >= 15 is 0 Å². The van der Waals surface area contributed by atoms with Gasteiger partial charge >= 0.3 is 0 Å². The standard InChI is InChI=1S/C33H30FN7O3S.C32H28FN7O3S/c1-45(43,44)9-8-19-10-22(12-24(34)11-19)27-17-36-18-29-30(27)39-32(38-29)31-26-14-21(6-7-28(26)40-41-31)23-13-25(16-35-15-23)37-33(42)20-4-2-3-5-20;1-44(42,43)8-7-18-9-21(11-23(33)10-18)26-16-35-17-28-29(26)38-31(37-28)30-25-13-20(5-6-27(25)39-40-30)22-12-24(15-34-14-22)36-32(41)19-3-2-4-19/h6-7,10-18,20H,2-5,8-9H2,1H3,(H,37,42)(H,38,39)(H,40,41);5-6,9-17,19H,2-4,7-8H2,1H3,(H,36,41)(H,37,38)(H,39,40). The van der Waals surface area contributed by atoms with Crippen LogP contribution in [0.15, 0.2) is 135 Å². The molecule has 12 aromatic rings. The molecule has 2 fully saturated rings. The predicted octanol–water partition coefficient (Wildman–Crippen LogP) is 11.8. The molecule has 8 aromatic heterocycles. The second kappa shape index (κ2) is 24.0. The number of rotatable bonds is 16. The number of nitrogens with one attached hydrogen (secondary N) is 6. The molecule has 2 amide bonds. The zero-order valence-corrected chi connectivity index (χ0v) is 49.9. The van der Waals surface area contributed by atoms with Gasteiger partial charge in [-0.25, -0.2) is 35.6 Å². The maximum Gasteiger partial charge on any atom is 0.227 e. The number of aromatic nitrogens is 12. The molecule has 0 aliphatic heterocycles. The first-order valence-corrected chi connectivity index (χ1v) is 33.1. The van der Waals surface area contributed by atoms with Crippen molar-refractivity contribution in [1.29, 1.82) is 0 Å². The summed E-state index contributed by atoms with van der Waals surface area (Å²) in [5.41, 5.74) is 13.5. The van der Waals surface area contributed by atoms with Crippen molar-refractivity contribution in [2.45, 2.75) is 57.8 Å². The van der Waals surface area contributed by atoms with Gasteiger partial charge in [-0.1, -0.05) is 43.5 Å². The number of pyridine rings is 4. The van der Waals surface area contributed by atoms with E-state index in [2.05, 4.69) is 60.9 Å². The van der Waals surface area contributed by atoms with Crippen LogP contribution in [-0.2, 0) is 42.1 Å². The fourth-order valence-electron chi connectivity index (χ4n) is 11.4. The molecule has 4 aromatic carbocycles. The van der Waals surface area contributed by atoms with Crippen molar-refractivity contribution in [3.05, 3.63) is 157 Å². The van der Waals surface area contributed by atoms with Crippen molar-refractivity contribution < 1.29 is 35.2 Å². The van der Waals surface area contributed by atoms with Crippen LogP contribution >= 0.6 is 0 Å². The highest BCUT2D eigenvalue weighted by Crippen LogP contribution is 2.37. The van der Waals surface area contributed by atoms with E-state index in [1.807, 2.05) is 48.5 Å². The fraction of sp³-hybridized carbons (Fsp3) is 0.231. The van der Waals surface area contributed by atoms with E-state index in [9.17, 15) is 35.2 Å². The minimum atomic E-state index is -3.20. The molecule has 6 N–H and O–H groups in total. The van der Waals surface area contributed by atoms with Crippen LogP contribution in [0.3, 0.4) is 0 Å². The molecule has 2 saturated carbocycles. The molecular formula is C65H58F2N14O6S2. The SMILES string of the molecule is CS(=O)(=O)CCc1cc(F)cc(-c2cncc3[nH]c(-c4n[nH]c5ccc(-c6cncc(NC(=O)C7CCC7)c6)cc45)nc23)c1.CS(=O)(=O)CCc1cc(F)cc(-c2cncc3[nH]c(-c4n[nH]c5ccc(-c6cncc(NC(=O)C7CCCC7)c6)cc45)nc23)c1. The number of carbonyl (C=O) groups excluding carboxylic acids is 2. The molecule has 20 nitrogen and oxygen atoms in total. The number of hydrogen-bond donors (Lipinski definition) is 6. The summed E-state index contributed by atoms with van der Waals surface area (Å²) in [6, 6.07) is 24.6. The Morgan fingerprint density at radius 1 is 0.483 bits per heavy atom. The van der Waals surface area contributed by atoms with E-state index < -0.39 is 31.3 Å². The normalized spacial score (nSPS) is 13.9. The van der Waals surface area contributed by atoms with Crippen LogP contribution in [0, 0.1) is 23.5 Å².